The second-order valence-electron chi connectivity index (χ2n) is 3.83. The highest BCUT2D eigenvalue weighted by atomic mass is 16.7. The Bertz CT molecular complexity index is 213. The van der Waals surface area contributed by atoms with E-state index in [0.29, 0.717) is 6.61 Å². The second kappa shape index (κ2) is 7.22. The fraction of sp³-hybridized carbons (Fsp3) is 1.00. The lowest BCUT2D eigenvalue weighted by molar-refractivity contribution is -0.303. The summed E-state index contributed by atoms with van der Waals surface area (Å²) in [6, 6.07) is 0. The average Bonchev–Trinajstić information content (AvgIpc) is 2.32. The first kappa shape index (κ1) is 14.8. The molecule has 1 rings (SSSR count). The van der Waals surface area contributed by atoms with Crippen molar-refractivity contribution in [1.82, 2.24) is 0 Å². The van der Waals surface area contributed by atoms with Crippen LogP contribution in [0.2, 0.25) is 0 Å². The molecule has 0 aliphatic carbocycles. The van der Waals surface area contributed by atoms with Gasteiger partial charge < -0.3 is 34.3 Å². The zero-order valence-electron chi connectivity index (χ0n) is 9.98. The minimum atomic E-state index is -1.32. The lowest BCUT2D eigenvalue weighted by Gasteiger charge is -2.39. The van der Waals surface area contributed by atoms with Crippen molar-refractivity contribution in [1.29, 1.82) is 0 Å². The van der Waals surface area contributed by atoms with Gasteiger partial charge >= 0.3 is 0 Å². The van der Waals surface area contributed by atoms with Crippen LogP contribution in [-0.2, 0) is 18.9 Å². The molecule has 1 fully saturated rings. The normalized spacial score (nSPS) is 38.3. The fourth-order valence-electron chi connectivity index (χ4n) is 1.60. The highest BCUT2D eigenvalue weighted by Gasteiger charge is 2.44. The number of aliphatic hydroxyl groups is 3. The molecule has 7 heteroatoms. The van der Waals surface area contributed by atoms with E-state index < -0.39 is 30.7 Å². The topological polar surface area (TPSA) is 97.6 Å². The molecule has 0 aromatic heterocycles. The summed E-state index contributed by atoms with van der Waals surface area (Å²) in [5.41, 5.74) is 0. The quantitative estimate of drug-likeness (QED) is 0.475. The van der Waals surface area contributed by atoms with Crippen molar-refractivity contribution < 1.29 is 34.3 Å². The third-order valence-electron chi connectivity index (χ3n) is 2.57. The summed E-state index contributed by atoms with van der Waals surface area (Å²) < 4.78 is 20.2. The largest absolute Gasteiger partial charge is 0.387 e. The van der Waals surface area contributed by atoms with Crippen molar-refractivity contribution in [2.24, 2.45) is 0 Å². The highest BCUT2D eigenvalue weighted by Crippen LogP contribution is 2.22. The molecule has 1 aliphatic heterocycles. The Labute approximate surface area is 99.9 Å². The Kier molecular flexibility index (Phi) is 6.28. The zero-order valence-corrected chi connectivity index (χ0v) is 9.98. The maximum absolute atomic E-state index is 9.65. The van der Waals surface area contributed by atoms with Crippen LogP contribution in [0.4, 0.5) is 0 Å². The Hall–Kier alpha value is -0.280. The van der Waals surface area contributed by atoms with E-state index in [9.17, 15) is 15.3 Å². The van der Waals surface area contributed by atoms with E-state index in [-0.39, 0.29) is 13.2 Å². The van der Waals surface area contributed by atoms with Gasteiger partial charge in [0.15, 0.2) is 6.29 Å². The minimum Gasteiger partial charge on any atom is -0.387 e. The van der Waals surface area contributed by atoms with Gasteiger partial charge in [-0.3, -0.25) is 0 Å². The molecule has 102 valence electrons. The van der Waals surface area contributed by atoms with Gasteiger partial charge in [-0.1, -0.05) is 0 Å². The summed E-state index contributed by atoms with van der Waals surface area (Å²) in [6.45, 7) is 0.677. The molecule has 3 N–H and O–H groups in total. The van der Waals surface area contributed by atoms with Crippen molar-refractivity contribution in [3.05, 3.63) is 0 Å². The van der Waals surface area contributed by atoms with E-state index in [2.05, 4.69) is 0 Å². The Balaban J connectivity index is 2.51. The molecule has 1 heterocycles. The van der Waals surface area contributed by atoms with Gasteiger partial charge in [0.05, 0.1) is 19.8 Å². The average molecular weight is 252 g/mol. The van der Waals surface area contributed by atoms with Gasteiger partial charge in [-0.05, 0) is 0 Å². The second-order valence-corrected chi connectivity index (χ2v) is 3.83. The lowest BCUT2D eigenvalue weighted by Crippen LogP contribution is -2.59. The van der Waals surface area contributed by atoms with E-state index >= 15 is 0 Å². The van der Waals surface area contributed by atoms with Crippen LogP contribution in [0.3, 0.4) is 0 Å². The first-order valence-corrected chi connectivity index (χ1v) is 5.41. The predicted molar refractivity (Wildman–Crippen MR) is 56.4 cm³/mol. The van der Waals surface area contributed by atoms with Crippen LogP contribution in [0.5, 0.6) is 0 Å². The summed E-state index contributed by atoms with van der Waals surface area (Å²) in [6.07, 6.45) is -5.55. The van der Waals surface area contributed by atoms with Gasteiger partial charge in [0.2, 0.25) is 0 Å². The molecule has 0 saturated carbocycles. The molecular formula is C10H20O7. The van der Waals surface area contributed by atoms with Gasteiger partial charge in [-0.2, -0.15) is 0 Å². The predicted octanol–water partition coefficient (Wildman–Crippen LogP) is -1.90. The molecule has 0 aromatic rings. The molecule has 7 nitrogen and oxygen atoms in total. The first-order chi connectivity index (χ1) is 8.11. The van der Waals surface area contributed by atoms with Gasteiger partial charge in [0.1, 0.15) is 24.4 Å². The molecule has 0 aromatic carbocycles. The molecule has 1 aliphatic rings. The van der Waals surface area contributed by atoms with E-state index in [0.717, 1.165) is 0 Å². The summed E-state index contributed by atoms with van der Waals surface area (Å²) in [5.74, 6) is 0. The van der Waals surface area contributed by atoms with Crippen LogP contribution in [0.1, 0.15) is 0 Å². The van der Waals surface area contributed by atoms with Crippen molar-refractivity contribution >= 4 is 0 Å². The molecule has 5 atom stereocenters. The molecule has 0 bridgehead atoms. The van der Waals surface area contributed by atoms with Crippen molar-refractivity contribution in [3.8, 4) is 0 Å². The van der Waals surface area contributed by atoms with Gasteiger partial charge in [0, 0.05) is 14.2 Å². The van der Waals surface area contributed by atoms with Crippen LogP contribution >= 0.6 is 0 Å². The van der Waals surface area contributed by atoms with Crippen LogP contribution in [-0.4, -0.2) is 80.1 Å². The lowest BCUT2D eigenvalue weighted by atomic mass is 9.99. The minimum absolute atomic E-state index is 0.106. The molecule has 0 radical (unpaired) electrons. The monoisotopic (exact) mass is 252 g/mol. The third kappa shape index (κ3) is 3.85. The summed E-state index contributed by atoms with van der Waals surface area (Å²) in [4.78, 5) is 0. The van der Waals surface area contributed by atoms with Gasteiger partial charge in [-0.15, -0.1) is 0 Å². The smallest absolute Gasteiger partial charge is 0.186 e. The van der Waals surface area contributed by atoms with Crippen molar-refractivity contribution in [3.63, 3.8) is 0 Å². The molecule has 17 heavy (non-hydrogen) atoms. The molecule has 0 amide bonds. The Morgan fingerprint density at radius 3 is 2.24 bits per heavy atom. The van der Waals surface area contributed by atoms with Crippen LogP contribution in [0, 0.1) is 0 Å². The number of hydrogen-bond donors (Lipinski definition) is 3. The van der Waals surface area contributed by atoms with E-state index in [4.69, 9.17) is 18.9 Å². The number of rotatable bonds is 6. The third-order valence-corrected chi connectivity index (χ3v) is 2.57. The van der Waals surface area contributed by atoms with Gasteiger partial charge in [0.25, 0.3) is 0 Å². The molecule has 1 saturated heterocycles. The standard InChI is InChI=1S/C10H20O7/c1-14-3-4-16-10-9(13)8(12)7(11)6(17-10)5-15-2/h6-13H,3-5H2,1-2H3. The zero-order chi connectivity index (χ0) is 12.8. The Morgan fingerprint density at radius 1 is 0.941 bits per heavy atom. The summed E-state index contributed by atoms with van der Waals surface area (Å²) >= 11 is 0. The number of methoxy groups -OCH3 is 2. The molecule has 5 unspecified atom stereocenters. The molecule has 0 spiro atoms. The Morgan fingerprint density at radius 2 is 1.65 bits per heavy atom. The summed E-state index contributed by atoms with van der Waals surface area (Å²) in [5, 5.41) is 28.9. The van der Waals surface area contributed by atoms with Crippen LogP contribution in [0.15, 0.2) is 0 Å². The number of hydrogen-bond acceptors (Lipinski definition) is 7. The maximum atomic E-state index is 9.65. The maximum Gasteiger partial charge on any atom is 0.186 e. The van der Waals surface area contributed by atoms with E-state index in [1.54, 1.807) is 0 Å². The van der Waals surface area contributed by atoms with E-state index in [1.165, 1.54) is 14.2 Å². The van der Waals surface area contributed by atoms with Crippen molar-refractivity contribution in [2.45, 2.75) is 30.7 Å². The van der Waals surface area contributed by atoms with Crippen LogP contribution < -0.4 is 0 Å². The molecular weight excluding hydrogens is 232 g/mol. The summed E-state index contributed by atoms with van der Waals surface area (Å²) in [7, 11) is 2.97. The highest BCUT2D eigenvalue weighted by molar-refractivity contribution is 4.89. The first-order valence-electron chi connectivity index (χ1n) is 5.41. The SMILES string of the molecule is COCCOC1OC(COC)C(O)C(O)C1O. The van der Waals surface area contributed by atoms with Crippen molar-refractivity contribution in [2.75, 3.05) is 34.0 Å². The number of aliphatic hydroxyl groups excluding tert-OH is 3. The number of ether oxygens (including phenoxy) is 4. The van der Waals surface area contributed by atoms with Crippen LogP contribution in [0.25, 0.3) is 0 Å². The fourth-order valence-corrected chi connectivity index (χ4v) is 1.60. The van der Waals surface area contributed by atoms with E-state index in [1.807, 2.05) is 0 Å². The van der Waals surface area contributed by atoms with Gasteiger partial charge in [-0.25, -0.2) is 0 Å².